The second-order valence-electron chi connectivity index (χ2n) is 6.68. The molecule has 9 heteroatoms. The summed E-state index contributed by atoms with van der Waals surface area (Å²) >= 11 is 0. The molecule has 0 amide bonds. The molecular weight excluding hydrogens is 418 g/mol. The standard InChI is InChI=1S/C21H19N3O2.CH4O3S/c22-19(13-9-11-14(12-10-13)20(23)24)17-7-3-1-5-15(17)16-6-2-4-8-18(16)21(25)26;1-5(2,3)4/h1-12,19H,22H2,(H3,23,24)(H,25,26);1H3,(H,2,3,4). The Kier molecular flexibility index (Phi) is 7.65. The normalized spacial score (nSPS) is 11.7. The van der Waals surface area contributed by atoms with Gasteiger partial charge in [0.1, 0.15) is 5.84 Å². The van der Waals surface area contributed by atoms with Gasteiger partial charge < -0.3 is 16.6 Å². The Morgan fingerprint density at radius 3 is 1.94 bits per heavy atom. The van der Waals surface area contributed by atoms with E-state index < -0.39 is 22.1 Å². The summed E-state index contributed by atoms with van der Waals surface area (Å²) in [5, 5.41) is 17.0. The quantitative estimate of drug-likeness (QED) is 0.230. The van der Waals surface area contributed by atoms with E-state index in [9.17, 15) is 18.3 Å². The van der Waals surface area contributed by atoms with Crippen molar-refractivity contribution >= 4 is 21.9 Å². The summed E-state index contributed by atoms with van der Waals surface area (Å²) < 4.78 is 25.9. The van der Waals surface area contributed by atoms with Crippen molar-refractivity contribution < 1.29 is 22.9 Å². The first-order valence-electron chi connectivity index (χ1n) is 9.03. The number of nitrogens with one attached hydrogen (secondary N) is 1. The molecule has 1 atom stereocenters. The number of hydrogen-bond donors (Lipinski definition) is 5. The number of benzene rings is 3. The zero-order valence-corrected chi connectivity index (χ0v) is 17.5. The number of aromatic carboxylic acids is 1. The number of nitrogens with two attached hydrogens (primary N) is 2. The molecule has 0 radical (unpaired) electrons. The molecular formula is C22H23N3O5S. The van der Waals surface area contributed by atoms with Gasteiger partial charge in [-0.25, -0.2) is 4.79 Å². The van der Waals surface area contributed by atoms with Crippen molar-refractivity contribution in [1.82, 2.24) is 0 Å². The predicted molar refractivity (Wildman–Crippen MR) is 120 cm³/mol. The SMILES string of the molecule is CS(=O)(=O)O.N=C(N)c1ccc(C(N)c2ccccc2-c2ccccc2C(=O)O)cc1. The third-order valence-electron chi connectivity index (χ3n) is 4.32. The van der Waals surface area contributed by atoms with Gasteiger partial charge in [-0.3, -0.25) is 9.96 Å². The molecule has 0 fully saturated rings. The maximum Gasteiger partial charge on any atom is 0.336 e. The molecule has 0 aliphatic carbocycles. The Morgan fingerprint density at radius 1 is 0.935 bits per heavy atom. The van der Waals surface area contributed by atoms with Crippen molar-refractivity contribution in [2.24, 2.45) is 11.5 Å². The van der Waals surface area contributed by atoms with E-state index >= 15 is 0 Å². The van der Waals surface area contributed by atoms with Crippen LogP contribution in [0.4, 0.5) is 0 Å². The lowest BCUT2D eigenvalue weighted by Crippen LogP contribution is -2.15. The summed E-state index contributed by atoms with van der Waals surface area (Å²) in [6.45, 7) is 0. The number of amidine groups is 1. The third-order valence-corrected chi connectivity index (χ3v) is 4.32. The van der Waals surface area contributed by atoms with Crippen LogP contribution in [-0.2, 0) is 10.1 Å². The molecule has 8 nitrogen and oxygen atoms in total. The van der Waals surface area contributed by atoms with Gasteiger partial charge in [0, 0.05) is 5.56 Å². The maximum absolute atomic E-state index is 11.6. The molecule has 3 aromatic rings. The Balaban J connectivity index is 0.000000614. The fourth-order valence-electron chi connectivity index (χ4n) is 2.97. The van der Waals surface area contributed by atoms with Gasteiger partial charge >= 0.3 is 5.97 Å². The van der Waals surface area contributed by atoms with Crippen LogP contribution in [0.15, 0.2) is 72.8 Å². The van der Waals surface area contributed by atoms with Gasteiger partial charge in [-0.1, -0.05) is 66.7 Å². The van der Waals surface area contributed by atoms with Crippen LogP contribution in [0.3, 0.4) is 0 Å². The Hall–Kier alpha value is -3.53. The van der Waals surface area contributed by atoms with E-state index in [0.29, 0.717) is 17.4 Å². The summed E-state index contributed by atoms with van der Waals surface area (Å²) in [5.74, 6) is -0.976. The highest BCUT2D eigenvalue weighted by atomic mass is 32.2. The molecule has 7 N–H and O–H groups in total. The lowest BCUT2D eigenvalue weighted by molar-refractivity contribution is 0.0697. The van der Waals surface area contributed by atoms with E-state index in [-0.39, 0.29) is 11.4 Å². The van der Waals surface area contributed by atoms with E-state index in [1.807, 2.05) is 42.5 Å². The highest BCUT2D eigenvalue weighted by molar-refractivity contribution is 7.85. The van der Waals surface area contributed by atoms with Crippen LogP contribution in [0.2, 0.25) is 0 Å². The largest absolute Gasteiger partial charge is 0.478 e. The zero-order valence-electron chi connectivity index (χ0n) is 16.7. The number of carboxylic acids is 1. The zero-order chi connectivity index (χ0) is 23.2. The van der Waals surface area contributed by atoms with Gasteiger partial charge in [0.15, 0.2) is 0 Å². The predicted octanol–water partition coefficient (Wildman–Crippen LogP) is 2.89. The van der Waals surface area contributed by atoms with Crippen LogP contribution in [-0.4, -0.2) is 36.1 Å². The second kappa shape index (κ2) is 9.98. The van der Waals surface area contributed by atoms with Crippen LogP contribution in [0.1, 0.15) is 33.1 Å². The monoisotopic (exact) mass is 441 g/mol. The Bertz CT molecular complexity index is 1180. The molecule has 1 unspecified atom stereocenters. The van der Waals surface area contributed by atoms with Crippen molar-refractivity contribution in [2.75, 3.05) is 6.26 Å². The van der Waals surface area contributed by atoms with Crippen LogP contribution in [0.25, 0.3) is 11.1 Å². The molecule has 31 heavy (non-hydrogen) atoms. The summed E-state index contributed by atoms with van der Waals surface area (Å²) in [7, 11) is -3.67. The molecule has 0 aromatic heterocycles. The molecule has 0 aliphatic heterocycles. The van der Waals surface area contributed by atoms with E-state index in [0.717, 1.165) is 16.7 Å². The number of nitrogen functional groups attached to an aromatic ring is 1. The number of carboxylic acid groups (broad SMARTS) is 1. The van der Waals surface area contributed by atoms with Crippen LogP contribution in [0.5, 0.6) is 0 Å². The molecule has 162 valence electrons. The van der Waals surface area contributed by atoms with Crippen LogP contribution >= 0.6 is 0 Å². The Labute approximate surface area is 180 Å². The van der Waals surface area contributed by atoms with E-state index in [2.05, 4.69) is 0 Å². The smallest absolute Gasteiger partial charge is 0.336 e. The third kappa shape index (κ3) is 6.75. The lowest BCUT2D eigenvalue weighted by Gasteiger charge is -2.18. The average Bonchev–Trinajstić information content (AvgIpc) is 2.72. The molecule has 0 spiro atoms. The van der Waals surface area contributed by atoms with E-state index in [1.165, 1.54) is 0 Å². The first kappa shape index (κ1) is 23.7. The van der Waals surface area contributed by atoms with Crippen molar-refractivity contribution in [1.29, 1.82) is 5.41 Å². The molecule has 0 saturated carbocycles. The molecule has 3 aromatic carbocycles. The number of hydrogen-bond acceptors (Lipinski definition) is 5. The summed E-state index contributed by atoms with van der Waals surface area (Å²) in [6, 6.07) is 21.2. The highest BCUT2D eigenvalue weighted by Crippen LogP contribution is 2.32. The number of rotatable bonds is 5. The minimum Gasteiger partial charge on any atom is -0.478 e. The molecule has 0 aliphatic rings. The van der Waals surface area contributed by atoms with Gasteiger partial charge in [0.05, 0.1) is 17.9 Å². The van der Waals surface area contributed by atoms with Gasteiger partial charge in [0.25, 0.3) is 10.1 Å². The molecule has 0 saturated heterocycles. The second-order valence-corrected chi connectivity index (χ2v) is 8.15. The fraction of sp³-hybridized carbons (Fsp3) is 0.0909. The van der Waals surface area contributed by atoms with Crippen LogP contribution in [0, 0.1) is 5.41 Å². The maximum atomic E-state index is 11.6. The van der Waals surface area contributed by atoms with E-state index in [1.54, 1.807) is 30.3 Å². The van der Waals surface area contributed by atoms with Crippen LogP contribution < -0.4 is 11.5 Å². The first-order valence-corrected chi connectivity index (χ1v) is 10.9. The van der Waals surface area contributed by atoms with E-state index in [4.69, 9.17) is 21.4 Å². The first-order chi connectivity index (χ1) is 14.5. The Morgan fingerprint density at radius 2 is 1.42 bits per heavy atom. The lowest BCUT2D eigenvalue weighted by atomic mass is 9.89. The molecule has 0 bridgehead atoms. The van der Waals surface area contributed by atoms with Crippen molar-refractivity contribution in [3.8, 4) is 11.1 Å². The van der Waals surface area contributed by atoms with Crippen molar-refractivity contribution in [3.05, 3.63) is 95.1 Å². The molecule has 3 rings (SSSR count). The van der Waals surface area contributed by atoms with Gasteiger partial charge in [-0.15, -0.1) is 0 Å². The van der Waals surface area contributed by atoms with Crippen molar-refractivity contribution in [3.63, 3.8) is 0 Å². The van der Waals surface area contributed by atoms with Crippen molar-refractivity contribution in [2.45, 2.75) is 6.04 Å². The summed E-state index contributed by atoms with van der Waals surface area (Å²) in [5.41, 5.74) is 15.9. The average molecular weight is 442 g/mol. The van der Waals surface area contributed by atoms with Gasteiger partial charge in [-0.2, -0.15) is 8.42 Å². The van der Waals surface area contributed by atoms with Gasteiger partial charge in [0.2, 0.25) is 0 Å². The highest BCUT2D eigenvalue weighted by Gasteiger charge is 2.18. The molecule has 0 heterocycles. The minimum absolute atomic E-state index is 0.000840. The summed E-state index contributed by atoms with van der Waals surface area (Å²) in [4.78, 5) is 11.6. The van der Waals surface area contributed by atoms with Gasteiger partial charge in [-0.05, 0) is 28.3 Å². The fourth-order valence-corrected chi connectivity index (χ4v) is 2.97. The minimum atomic E-state index is -3.67. The summed E-state index contributed by atoms with van der Waals surface area (Å²) in [6.07, 6.45) is 0.715. The topological polar surface area (TPSA) is 168 Å². The number of carbonyl (C=O) groups is 1.